The van der Waals surface area contributed by atoms with Crippen LogP contribution in [0.5, 0.6) is 11.8 Å². The van der Waals surface area contributed by atoms with Crippen LogP contribution in [0.25, 0.3) is 17.4 Å². The van der Waals surface area contributed by atoms with Gasteiger partial charge in [0.05, 0.1) is 122 Å². The molecule has 86 heavy (non-hydrogen) atoms. The Labute approximate surface area is 505 Å². The number of ether oxygens (including phenoxy) is 10. The van der Waals surface area contributed by atoms with Crippen molar-refractivity contribution in [1.29, 1.82) is 0 Å². The highest BCUT2D eigenvalue weighted by Crippen LogP contribution is 2.51. The first-order valence-corrected chi connectivity index (χ1v) is 32.0. The van der Waals surface area contributed by atoms with E-state index in [1.807, 2.05) is 42.2 Å². The minimum atomic E-state index is -4.66. The van der Waals surface area contributed by atoms with E-state index < -0.39 is 49.1 Å². The van der Waals surface area contributed by atoms with Gasteiger partial charge >= 0.3 is 5.97 Å². The molecular weight excluding hydrogens is 1160 g/mol. The lowest BCUT2D eigenvalue weighted by Crippen LogP contribution is -2.36. The zero-order valence-electron chi connectivity index (χ0n) is 50.6. The Morgan fingerprint density at radius 2 is 1.17 bits per heavy atom. The van der Waals surface area contributed by atoms with Crippen molar-refractivity contribution in [2.24, 2.45) is 0 Å². The predicted molar refractivity (Wildman–Crippen MR) is 321 cm³/mol. The minimum Gasteiger partial charge on any atom is -0.492 e. The third-order valence-corrected chi connectivity index (χ3v) is 15.6. The molecule has 2 aromatic rings. The van der Waals surface area contributed by atoms with Gasteiger partial charge in [0.1, 0.15) is 24.7 Å². The molecular formula is C60H90N3O21S2+. The van der Waals surface area contributed by atoms with Crippen LogP contribution in [0.15, 0.2) is 81.8 Å². The number of carbonyl (C=O) groups is 1. The van der Waals surface area contributed by atoms with Crippen molar-refractivity contribution in [3.8, 4) is 23.1 Å². The number of unbranched alkanes of at least 4 members (excludes halogenated alkanes) is 2. The molecule has 0 spiro atoms. The number of carbonyl (C=O) groups excluding carboxylic acids is 1. The fourth-order valence-electron chi connectivity index (χ4n) is 9.52. The van der Waals surface area contributed by atoms with Gasteiger partial charge in [-0.25, -0.2) is 9.37 Å². The van der Waals surface area contributed by atoms with Gasteiger partial charge in [0.25, 0.3) is 20.2 Å². The van der Waals surface area contributed by atoms with Crippen LogP contribution in [-0.2, 0) is 83.2 Å². The molecule has 1 aromatic carbocycles. The highest BCUT2D eigenvalue weighted by molar-refractivity contribution is 7.86. The van der Waals surface area contributed by atoms with E-state index in [1.165, 1.54) is 24.3 Å². The van der Waals surface area contributed by atoms with E-state index in [2.05, 4.69) is 37.5 Å². The molecule has 0 radical (unpaired) electrons. The van der Waals surface area contributed by atoms with Gasteiger partial charge in [-0.2, -0.15) is 16.8 Å². The van der Waals surface area contributed by atoms with Gasteiger partial charge < -0.3 is 71.7 Å². The Morgan fingerprint density at radius 1 is 0.651 bits per heavy atom. The minimum absolute atomic E-state index is 0.0106. The molecule has 482 valence electrons. The van der Waals surface area contributed by atoms with Crippen molar-refractivity contribution in [3.05, 3.63) is 94.7 Å². The molecule has 26 heteroatoms. The van der Waals surface area contributed by atoms with Crippen molar-refractivity contribution in [2.45, 2.75) is 81.9 Å². The lowest BCUT2D eigenvalue weighted by atomic mass is 9.77. The van der Waals surface area contributed by atoms with Crippen LogP contribution in [-0.4, -0.2) is 205 Å². The largest absolute Gasteiger partial charge is 0.492 e. The van der Waals surface area contributed by atoms with Gasteiger partial charge in [0.15, 0.2) is 13.1 Å². The van der Waals surface area contributed by atoms with Crippen molar-refractivity contribution >= 4 is 38.0 Å². The molecule has 2 aliphatic heterocycles. The van der Waals surface area contributed by atoms with Gasteiger partial charge in [-0.3, -0.25) is 9.11 Å². The second-order valence-electron chi connectivity index (χ2n) is 21.4. The van der Waals surface area contributed by atoms with Crippen LogP contribution < -0.4 is 19.7 Å². The third kappa shape index (κ3) is 24.3. The average molecular weight is 1250 g/mol. The average Bonchev–Trinajstić information content (AvgIpc) is 1.61. The highest BCUT2D eigenvalue weighted by atomic mass is 32.2. The Hall–Kier alpha value is -5.30. The fourth-order valence-corrected chi connectivity index (χ4v) is 10.5. The highest BCUT2D eigenvalue weighted by Gasteiger charge is 2.44. The molecule has 0 saturated carbocycles. The van der Waals surface area contributed by atoms with Crippen LogP contribution >= 0.6 is 0 Å². The Balaban J connectivity index is 1.39. The number of rotatable bonds is 44. The molecule has 3 heterocycles. The number of hydrogen-bond acceptors (Lipinski definition) is 20. The van der Waals surface area contributed by atoms with Crippen LogP contribution in [0, 0.1) is 0 Å². The van der Waals surface area contributed by atoms with E-state index in [-0.39, 0.29) is 29.6 Å². The predicted octanol–water partition coefficient (Wildman–Crippen LogP) is 5.90. The summed E-state index contributed by atoms with van der Waals surface area (Å²) in [6.45, 7) is 17.7. The van der Waals surface area contributed by atoms with Gasteiger partial charge in [-0.05, 0) is 91.6 Å². The van der Waals surface area contributed by atoms with Crippen LogP contribution in [0.1, 0.15) is 83.1 Å². The van der Waals surface area contributed by atoms with Crippen molar-refractivity contribution < 1.29 is 97.6 Å². The van der Waals surface area contributed by atoms with Crippen molar-refractivity contribution in [3.63, 3.8) is 0 Å². The monoisotopic (exact) mass is 1250 g/mol. The maximum Gasteiger partial charge on any atom is 0.333 e. The normalized spacial score (nSPS) is 15.2. The van der Waals surface area contributed by atoms with E-state index in [0.29, 0.717) is 191 Å². The van der Waals surface area contributed by atoms with Crippen LogP contribution in [0.4, 0.5) is 5.69 Å². The number of aromatic hydroxyl groups is 2. The maximum absolute atomic E-state index is 12.6. The second kappa shape index (κ2) is 36.9. The fraction of sp³-hybridized carbons (Fsp3) is 0.600. The zero-order chi connectivity index (χ0) is 62.4. The Bertz CT molecular complexity index is 2950. The molecule has 0 saturated heterocycles. The molecule has 1 aromatic heterocycles. The van der Waals surface area contributed by atoms with E-state index in [9.17, 15) is 40.9 Å². The first kappa shape index (κ1) is 71.5. The molecule has 1 aliphatic carbocycles. The standard InChI is InChI=1S/C60H89N3O21S2/c1-59(2,3)51-45-48(12-10-13-55-60(4,21-11-43-85(67,68)69)52-46-49(86(70,71)72)16-18-53(52)62(55)22-9-7-8-14-58(66)84-63-56(64)19-20-57(63)65)83-54-44-47(15-17-50(51)54)61(23-25-75-31-33-79-39-41-81-37-35-77-29-27-73-5)24-26-76-32-34-80-40-42-82-38-36-78-30-28-74-6/h10,12-13,15-20,44-46H,7-9,11,14,21-43H2,1-6H3,(H3-,64,65,67,68,69,70,71,72)/p+1. The summed E-state index contributed by atoms with van der Waals surface area (Å²) in [5.41, 5.74) is 2.38. The van der Waals surface area contributed by atoms with Crippen LogP contribution in [0.2, 0.25) is 0 Å². The summed E-state index contributed by atoms with van der Waals surface area (Å²) in [5, 5.41) is 20.7. The molecule has 1 atom stereocenters. The molecule has 5 rings (SSSR count). The molecule has 24 nitrogen and oxygen atoms in total. The van der Waals surface area contributed by atoms with Gasteiger partial charge in [-0.1, -0.05) is 33.3 Å². The summed E-state index contributed by atoms with van der Waals surface area (Å²) in [6, 6.07) is 14.8. The molecule has 1 unspecified atom stereocenters. The Kier molecular flexibility index (Phi) is 30.6. The summed E-state index contributed by atoms with van der Waals surface area (Å²) in [5.74, 6) is -0.951. The number of nitrogens with zero attached hydrogens (tertiary/aromatic N) is 3. The molecule has 0 bridgehead atoms. The molecule has 4 N–H and O–H groups in total. The van der Waals surface area contributed by atoms with E-state index in [0.717, 1.165) is 16.5 Å². The van der Waals surface area contributed by atoms with Crippen LogP contribution in [0.3, 0.4) is 0 Å². The summed E-state index contributed by atoms with van der Waals surface area (Å²) in [6.07, 6.45) is 7.09. The third-order valence-electron chi connectivity index (χ3n) is 13.9. The summed E-state index contributed by atoms with van der Waals surface area (Å²) >= 11 is 0. The van der Waals surface area contributed by atoms with Gasteiger partial charge in [0.2, 0.25) is 17.1 Å². The number of benzene rings is 2. The number of fused-ring (bicyclic) bond motifs is 2. The van der Waals surface area contributed by atoms with E-state index in [1.54, 1.807) is 20.3 Å². The zero-order valence-corrected chi connectivity index (χ0v) is 52.2. The number of hydrogen-bond donors (Lipinski definition) is 4. The molecule has 0 amide bonds. The van der Waals surface area contributed by atoms with E-state index in [4.69, 9.17) is 56.6 Å². The van der Waals surface area contributed by atoms with Crippen molar-refractivity contribution in [2.75, 3.05) is 163 Å². The van der Waals surface area contributed by atoms with Gasteiger partial charge in [0, 0.05) is 67.7 Å². The summed E-state index contributed by atoms with van der Waals surface area (Å²) < 4.78 is 134. The van der Waals surface area contributed by atoms with E-state index >= 15 is 0 Å². The summed E-state index contributed by atoms with van der Waals surface area (Å²) in [4.78, 5) is 19.4. The number of anilines is 1. The summed E-state index contributed by atoms with van der Waals surface area (Å²) in [7, 11) is -5.77. The van der Waals surface area contributed by atoms with Crippen molar-refractivity contribution in [1.82, 2.24) is 9.31 Å². The van der Waals surface area contributed by atoms with Gasteiger partial charge in [-0.15, -0.1) is 4.73 Å². The SMILES string of the molecule is COCCOCCOCCOCCOCC[N+](CCOCCOCCOCCOCCOC)=c1ccc2c(C(C)(C)C)cc(C=CC=C3N(CCCCCC(=O)On4c(O)ccc4O)c4ccc(S(=O)(=O)O)cc4C3(C)CCCS(=O)(=O)O)oc-2c1. The molecule has 3 aliphatic rings. The smallest absolute Gasteiger partial charge is 0.333 e. The first-order valence-electron chi connectivity index (χ1n) is 29.0. The number of allylic oxidation sites excluding steroid dienone is 3. The second-order valence-corrected chi connectivity index (χ2v) is 24.4. The topological polar surface area (TPSA) is 292 Å². The maximum atomic E-state index is 12.6. The Morgan fingerprint density at radius 3 is 1.67 bits per heavy atom. The lowest BCUT2D eigenvalue weighted by molar-refractivity contribution is -0.145. The lowest BCUT2D eigenvalue weighted by Gasteiger charge is -2.30. The number of methoxy groups -OCH3 is 2. The first-order chi connectivity index (χ1) is 41.2. The quantitative estimate of drug-likeness (QED) is 0.0228. The number of aromatic nitrogens is 1. The molecule has 0 fully saturated rings.